The zero-order valence-corrected chi connectivity index (χ0v) is 17.2. The van der Waals surface area contributed by atoms with Crippen LogP contribution in [0.4, 0.5) is 4.39 Å². The van der Waals surface area contributed by atoms with Gasteiger partial charge < -0.3 is 0 Å². The summed E-state index contributed by atoms with van der Waals surface area (Å²) in [6.45, 7) is 2.27. The molecule has 2 aromatic carbocycles. The summed E-state index contributed by atoms with van der Waals surface area (Å²) in [5, 5.41) is 10.5. The first kappa shape index (κ1) is 20.5. The maximum Gasteiger partial charge on any atom is 0.139 e. The summed E-state index contributed by atoms with van der Waals surface area (Å²) in [4.78, 5) is 0.335. The van der Waals surface area contributed by atoms with Gasteiger partial charge in [0.05, 0.1) is 4.90 Å². The van der Waals surface area contributed by atoms with Crippen LogP contribution in [0.2, 0.25) is 0 Å². The van der Waals surface area contributed by atoms with Gasteiger partial charge in [0.15, 0.2) is 0 Å². The molecule has 3 rings (SSSR count). The molecule has 0 atom stereocenters. The van der Waals surface area contributed by atoms with Gasteiger partial charge in [-0.25, -0.2) is 4.39 Å². The second-order valence-electron chi connectivity index (χ2n) is 7.57. The average molecular weight is 392 g/mol. The lowest BCUT2D eigenvalue weighted by Crippen LogP contribution is -2.13. The smallest absolute Gasteiger partial charge is 0.139 e. The third kappa shape index (κ3) is 5.63. The molecule has 3 heteroatoms. The van der Waals surface area contributed by atoms with E-state index in [2.05, 4.69) is 43.0 Å². The number of rotatable bonds is 5. The second-order valence-corrected chi connectivity index (χ2v) is 8.40. The molecule has 0 N–H and O–H groups in total. The summed E-state index contributed by atoms with van der Waals surface area (Å²) in [6, 6.07) is 13.3. The molecule has 1 aliphatic rings. The Balaban J connectivity index is 1.59. The fraction of sp³-hybridized carbons (Fsp3) is 0.400. The van der Waals surface area contributed by atoms with Gasteiger partial charge in [-0.15, -0.1) is 0 Å². The van der Waals surface area contributed by atoms with Crippen LogP contribution in [0.3, 0.4) is 0 Å². The molecular weight excluding hydrogens is 365 g/mol. The number of hydrogen-bond donors (Lipinski definition) is 0. The molecule has 1 nitrogen and oxygen atoms in total. The molecule has 0 amide bonds. The average Bonchev–Trinajstić information content (AvgIpc) is 2.73. The summed E-state index contributed by atoms with van der Waals surface area (Å²) in [5.74, 6) is 7.34. The number of unbranched alkanes of at least 4 members (excludes halogenated alkanes) is 1. The number of thioether (sulfide) groups is 1. The van der Waals surface area contributed by atoms with Crippen molar-refractivity contribution < 1.29 is 4.39 Å². The summed E-state index contributed by atoms with van der Waals surface area (Å²) >= 11 is 0.826. The summed E-state index contributed by atoms with van der Waals surface area (Å²) < 4.78 is 13.9. The van der Waals surface area contributed by atoms with Crippen LogP contribution in [0.25, 0.3) is 0 Å². The molecular formula is C25H26FNS. The Morgan fingerprint density at radius 3 is 2.32 bits per heavy atom. The van der Waals surface area contributed by atoms with Crippen molar-refractivity contribution >= 4 is 11.8 Å². The topological polar surface area (TPSA) is 23.8 Å². The minimum absolute atomic E-state index is 0.335. The maximum absolute atomic E-state index is 13.9. The first-order valence-corrected chi connectivity index (χ1v) is 11.0. The lowest BCUT2D eigenvalue weighted by Gasteiger charge is -2.28. The fourth-order valence-electron chi connectivity index (χ4n) is 3.97. The van der Waals surface area contributed by atoms with Crippen LogP contribution >= 0.6 is 11.8 Å². The van der Waals surface area contributed by atoms with E-state index in [-0.39, 0.29) is 0 Å². The van der Waals surface area contributed by atoms with Crippen LogP contribution in [0.15, 0.2) is 47.4 Å². The predicted octanol–water partition coefficient (Wildman–Crippen LogP) is 7.26. The third-order valence-corrected chi connectivity index (χ3v) is 6.28. The molecule has 0 spiro atoms. The van der Waals surface area contributed by atoms with Crippen molar-refractivity contribution in [2.75, 3.05) is 0 Å². The maximum atomic E-state index is 13.9. The van der Waals surface area contributed by atoms with E-state index in [0.717, 1.165) is 23.2 Å². The van der Waals surface area contributed by atoms with Crippen molar-refractivity contribution in [3.63, 3.8) is 0 Å². The quantitative estimate of drug-likeness (QED) is 0.304. The second kappa shape index (κ2) is 10.4. The molecule has 144 valence electrons. The van der Waals surface area contributed by atoms with Gasteiger partial charge in [0, 0.05) is 11.1 Å². The molecule has 1 aliphatic carbocycles. The number of benzene rings is 2. The van der Waals surface area contributed by atoms with E-state index < -0.39 is 5.82 Å². The number of halogens is 1. The van der Waals surface area contributed by atoms with Crippen molar-refractivity contribution in [2.45, 2.75) is 62.7 Å². The van der Waals surface area contributed by atoms with E-state index in [1.165, 1.54) is 56.6 Å². The van der Waals surface area contributed by atoms with Crippen molar-refractivity contribution in [2.24, 2.45) is 5.92 Å². The summed E-state index contributed by atoms with van der Waals surface area (Å²) in [6.07, 6.45) is 9.38. The highest BCUT2D eigenvalue weighted by molar-refractivity contribution is 8.03. The van der Waals surface area contributed by atoms with Crippen molar-refractivity contribution in [1.82, 2.24) is 0 Å². The number of nitriles is 1. The van der Waals surface area contributed by atoms with Gasteiger partial charge in [-0.3, -0.25) is 0 Å². The SMILES string of the molecule is CCCCC1CCC(c2ccc(C#Cc3ccc(SC#N)c(F)c3)cc2)CC1. The molecule has 28 heavy (non-hydrogen) atoms. The Bertz CT molecular complexity index is 877. The van der Waals surface area contributed by atoms with Crippen LogP contribution in [0, 0.1) is 34.2 Å². The summed E-state index contributed by atoms with van der Waals surface area (Å²) in [7, 11) is 0. The Labute approximate surface area is 172 Å². The Kier molecular flexibility index (Phi) is 7.58. The minimum Gasteiger partial charge on any atom is -0.206 e. The third-order valence-electron chi connectivity index (χ3n) is 5.63. The van der Waals surface area contributed by atoms with E-state index >= 15 is 0 Å². The fourth-order valence-corrected chi connectivity index (χ4v) is 4.36. The normalized spacial score (nSPS) is 18.8. The standard InChI is InChI=1S/C25H26FNS/c1-2-3-4-19-7-12-22(13-8-19)23-14-9-20(10-15-23)5-6-21-11-16-25(28-18-27)24(26)17-21/h9-11,14-17,19,22H,2-4,7-8,12-13H2,1H3. The number of thiocyanates is 1. The Morgan fingerprint density at radius 1 is 1.00 bits per heavy atom. The van der Waals surface area contributed by atoms with Gasteiger partial charge in [0.25, 0.3) is 0 Å². The zero-order chi connectivity index (χ0) is 19.8. The molecule has 0 unspecified atom stereocenters. The number of hydrogen-bond acceptors (Lipinski definition) is 2. The molecule has 0 radical (unpaired) electrons. The van der Waals surface area contributed by atoms with Gasteiger partial charge in [-0.05, 0) is 85.2 Å². The highest BCUT2D eigenvalue weighted by Gasteiger charge is 2.21. The molecule has 2 aromatic rings. The van der Waals surface area contributed by atoms with Gasteiger partial charge in [-0.2, -0.15) is 5.26 Å². The van der Waals surface area contributed by atoms with Crippen molar-refractivity contribution in [3.8, 4) is 17.2 Å². The van der Waals surface area contributed by atoms with Crippen LogP contribution in [-0.2, 0) is 0 Å². The number of nitrogens with zero attached hydrogens (tertiary/aromatic N) is 1. The van der Waals surface area contributed by atoms with Gasteiger partial charge in [-0.1, -0.05) is 50.2 Å². The van der Waals surface area contributed by atoms with E-state index in [1.807, 2.05) is 5.40 Å². The Hall–Kier alpha value is -2.23. The largest absolute Gasteiger partial charge is 0.206 e. The van der Waals surface area contributed by atoms with Gasteiger partial charge >= 0.3 is 0 Å². The molecule has 0 aromatic heterocycles. The van der Waals surface area contributed by atoms with Crippen molar-refractivity contribution in [1.29, 1.82) is 5.26 Å². The molecule has 0 aliphatic heterocycles. The Morgan fingerprint density at radius 2 is 1.68 bits per heavy atom. The van der Waals surface area contributed by atoms with Gasteiger partial charge in [0.1, 0.15) is 11.2 Å². The van der Waals surface area contributed by atoms with E-state index in [0.29, 0.717) is 16.4 Å². The van der Waals surface area contributed by atoms with E-state index in [1.54, 1.807) is 12.1 Å². The lowest BCUT2D eigenvalue weighted by molar-refractivity contribution is 0.304. The summed E-state index contributed by atoms with van der Waals surface area (Å²) in [5.41, 5.74) is 2.98. The zero-order valence-electron chi connectivity index (χ0n) is 16.4. The molecule has 1 fully saturated rings. The highest BCUT2D eigenvalue weighted by atomic mass is 32.2. The predicted molar refractivity (Wildman–Crippen MR) is 115 cm³/mol. The van der Waals surface area contributed by atoms with Crippen LogP contribution in [0.1, 0.15) is 74.5 Å². The first-order valence-electron chi connectivity index (χ1n) is 10.2. The van der Waals surface area contributed by atoms with Crippen LogP contribution in [-0.4, -0.2) is 0 Å². The van der Waals surface area contributed by atoms with E-state index in [4.69, 9.17) is 5.26 Å². The minimum atomic E-state index is -0.400. The monoisotopic (exact) mass is 391 g/mol. The molecule has 0 saturated heterocycles. The van der Waals surface area contributed by atoms with E-state index in [9.17, 15) is 4.39 Å². The lowest BCUT2D eigenvalue weighted by atomic mass is 9.77. The van der Waals surface area contributed by atoms with Crippen LogP contribution in [0.5, 0.6) is 0 Å². The first-order chi connectivity index (χ1) is 13.7. The van der Waals surface area contributed by atoms with Crippen molar-refractivity contribution in [3.05, 3.63) is 65.0 Å². The highest BCUT2D eigenvalue weighted by Crippen LogP contribution is 2.37. The molecule has 1 saturated carbocycles. The van der Waals surface area contributed by atoms with Crippen LogP contribution < -0.4 is 0 Å². The molecule has 0 bridgehead atoms. The molecule has 0 heterocycles. The van der Waals surface area contributed by atoms with Gasteiger partial charge in [0.2, 0.25) is 0 Å².